The highest BCUT2D eigenvalue weighted by Crippen LogP contribution is 2.34. The minimum atomic E-state index is 0. The number of nitrogens with two attached hydrogens (primary N) is 1. The largest absolute Gasteiger partial charge is 0.329 e. The minimum Gasteiger partial charge on any atom is -0.329 e. The maximum atomic E-state index is 5.90. The van der Waals surface area contributed by atoms with Gasteiger partial charge in [-0.2, -0.15) is 0 Å². The number of para-hydroxylation sites is 1. The zero-order chi connectivity index (χ0) is 13.2. The molecule has 1 aromatic heterocycles. The fourth-order valence-corrected chi connectivity index (χ4v) is 2.82. The van der Waals surface area contributed by atoms with Gasteiger partial charge in [-0.1, -0.05) is 18.2 Å². The van der Waals surface area contributed by atoms with Gasteiger partial charge < -0.3 is 5.73 Å². The van der Waals surface area contributed by atoms with Crippen molar-refractivity contribution in [1.82, 2.24) is 9.88 Å². The van der Waals surface area contributed by atoms with E-state index in [1.807, 2.05) is 12.3 Å². The Kier molecular flexibility index (Phi) is 4.97. The van der Waals surface area contributed by atoms with Crippen LogP contribution < -0.4 is 5.73 Å². The van der Waals surface area contributed by atoms with Crippen molar-refractivity contribution in [2.45, 2.75) is 25.4 Å². The van der Waals surface area contributed by atoms with E-state index in [-0.39, 0.29) is 12.4 Å². The van der Waals surface area contributed by atoms with E-state index in [9.17, 15) is 0 Å². The number of likely N-dealkylation sites (N-methyl/N-ethyl adjacent to an activating group) is 1. The second-order valence-corrected chi connectivity index (χ2v) is 5.59. The van der Waals surface area contributed by atoms with Crippen LogP contribution in [0.4, 0.5) is 0 Å². The summed E-state index contributed by atoms with van der Waals surface area (Å²) in [7, 11) is 2.17. The van der Waals surface area contributed by atoms with Gasteiger partial charge >= 0.3 is 0 Å². The van der Waals surface area contributed by atoms with Crippen molar-refractivity contribution in [3.05, 3.63) is 42.1 Å². The van der Waals surface area contributed by atoms with Crippen LogP contribution in [0.1, 0.15) is 18.4 Å². The molecule has 0 amide bonds. The summed E-state index contributed by atoms with van der Waals surface area (Å²) in [6.45, 7) is 1.68. The van der Waals surface area contributed by atoms with Gasteiger partial charge in [0, 0.05) is 30.7 Å². The lowest BCUT2D eigenvalue weighted by Gasteiger charge is -2.26. The summed E-state index contributed by atoms with van der Waals surface area (Å²) in [6.07, 6.45) is 4.66. The molecule has 0 spiro atoms. The standard InChI is InChI=1S/C16H21N3.ClH/c1-19(16(9-17)13-6-7-13)11-12-8-14-4-2-3-5-15(14)18-10-12;/h2-5,8,10,13,16H,6-7,9,11,17H2,1H3;1H. The second-order valence-electron chi connectivity index (χ2n) is 5.59. The van der Waals surface area contributed by atoms with Gasteiger partial charge in [-0.25, -0.2) is 0 Å². The summed E-state index contributed by atoms with van der Waals surface area (Å²) < 4.78 is 0. The smallest absolute Gasteiger partial charge is 0.0702 e. The lowest BCUT2D eigenvalue weighted by molar-refractivity contribution is 0.215. The highest BCUT2D eigenvalue weighted by atomic mass is 35.5. The van der Waals surface area contributed by atoms with Crippen molar-refractivity contribution in [2.75, 3.05) is 13.6 Å². The number of hydrogen-bond acceptors (Lipinski definition) is 3. The molecule has 1 aliphatic carbocycles. The maximum Gasteiger partial charge on any atom is 0.0702 e. The van der Waals surface area contributed by atoms with Gasteiger partial charge in [-0.15, -0.1) is 12.4 Å². The third-order valence-electron chi connectivity index (χ3n) is 4.05. The Hall–Kier alpha value is -1.16. The third-order valence-corrected chi connectivity index (χ3v) is 4.05. The van der Waals surface area contributed by atoms with Gasteiger partial charge in [0.15, 0.2) is 0 Å². The number of benzene rings is 1. The molecule has 20 heavy (non-hydrogen) atoms. The van der Waals surface area contributed by atoms with E-state index in [0.717, 1.165) is 24.5 Å². The fraction of sp³-hybridized carbons (Fsp3) is 0.438. The lowest BCUT2D eigenvalue weighted by atomic mass is 10.1. The lowest BCUT2D eigenvalue weighted by Crippen LogP contribution is -2.39. The zero-order valence-corrected chi connectivity index (χ0v) is 12.6. The normalized spacial score (nSPS) is 16.1. The molecular formula is C16H22ClN3. The van der Waals surface area contributed by atoms with Crippen molar-refractivity contribution < 1.29 is 0 Å². The predicted octanol–water partition coefficient (Wildman–Crippen LogP) is 2.83. The predicted molar refractivity (Wildman–Crippen MR) is 86.0 cm³/mol. The summed E-state index contributed by atoms with van der Waals surface area (Å²) in [6, 6.07) is 11.0. The molecule has 0 radical (unpaired) electrons. The Morgan fingerprint density at radius 1 is 1.35 bits per heavy atom. The molecular weight excluding hydrogens is 270 g/mol. The Morgan fingerprint density at radius 2 is 2.10 bits per heavy atom. The molecule has 1 atom stereocenters. The van der Waals surface area contributed by atoms with E-state index in [0.29, 0.717) is 6.04 Å². The van der Waals surface area contributed by atoms with Crippen molar-refractivity contribution in [2.24, 2.45) is 11.7 Å². The van der Waals surface area contributed by atoms with Crippen molar-refractivity contribution >= 4 is 23.3 Å². The molecule has 1 aliphatic rings. The van der Waals surface area contributed by atoms with Crippen molar-refractivity contribution in [3.8, 4) is 0 Å². The Balaban J connectivity index is 0.00000147. The summed E-state index contributed by atoms with van der Waals surface area (Å²) in [4.78, 5) is 6.90. The van der Waals surface area contributed by atoms with E-state index >= 15 is 0 Å². The maximum absolute atomic E-state index is 5.90. The topological polar surface area (TPSA) is 42.2 Å². The number of aromatic nitrogens is 1. The van der Waals surface area contributed by atoms with E-state index < -0.39 is 0 Å². The SMILES string of the molecule is CN(Cc1cnc2ccccc2c1)C(CN)C1CC1.Cl. The number of hydrogen-bond donors (Lipinski definition) is 1. The van der Waals surface area contributed by atoms with E-state index in [1.165, 1.54) is 23.8 Å². The molecule has 0 aliphatic heterocycles. The molecule has 108 valence electrons. The van der Waals surface area contributed by atoms with Crippen LogP contribution in [-0.2, 0) is 6.54 Å². The second kappa shape index (κ2) is 6.53. The first-order valence-electron chi connectivity index (χ1n) is 7.02. The molecule has 0 bridgehead atoms. The Labute approximate surface area is 126 Å². The van der Waals surface area contributed by atoms with Crippen LogP contribution >= 0.6 is 12.4 Å². The van der Waals surface area contributed by atoms with Crippen LogP contribution in [0, 0.1) is 5.92 Å². The molecule has 2 N–H and O–H groups in total. The summed E-state index contributed by atoms with van der Waals surface area (Å²) in [5.74, 6) is 0.809. The van der Waals surface area contributed by atoms with Crippen LogP contribution in [0.2, 0.25) is 0 Å². The summed E-state index contributed by atoms with van der Waals surface area (Å²) in [5, 5.41) is 1.21. The van der Waals surface area contributed by atoms with E-state index in [2.05, 4.69) is 41.2 Å². The third kappa shape index (κ3) is 3.29. The molecule has 1 fully saturated rings. The highest BCUT2D eigenvalue weighted by molar-refractivity contribution is 5.85. The quantitative estimate of drug-likeness (QED) is 0.921. The zero-order valence-electron chi connectivity index (χ0n) is 11.8. The van der Waals surface area contributed by atoms with Crippen LogP contribution in [0.15, 0.2) is 36.5 Å². The summed E-state index contributed by atoms with van der Waals surface area (Å²) in [5.41, 5.74) is 8.23. The molecule has 0 saturated heterocycles. The number of nitrogens with zero attached hydrogens (tertiary/aromatic N) is 2. The van der Waals surface area contributed by atoms with Gasteiger partial charge in [0.1, 0.15) is 0 Å². The molecule has 3 nitrogen and oxygen atoms in total. The number of rotatable bonds is 5. The molecule has 1 saturated carbocycles. The monoisotopic (exact) mass is 291 g/mol. The van der Waals surface area contributed by atoms with E-state index in [4.69, 9.17) is 5.73 Å². The van der Waals surface area contributed by atoms with Crippen LogP contribution in [0.5, 0.6) is 0 Å². The van der Waals surface area contributed by atoms with Crippen LogP contribution in [0.25, 0.3) is 10.9 Å². The summed E-state index contributed by atoms with van der Waals surface area (Å²) >= 11 is 0. The van der Waals surface area contributed by atoms with Gasteiger partial charge in [-0.05, 0) is 43.5 Å². The fourth-order valence-electron chi connectivity index (χ4n) is 2.82. The average Bonchev–Trinajstić information content (AvgIpc) is 3.24. The molecule has 1 aromatic carbocycles. The first kappa shape index (κ1) is 15.2. The van der Waals surface area contributed by atoms with Crippen molar-refractivity contribution in [3.63, 3.8) is 0 Å². The van der Waals surface area contributed by atoms with Gasteiger partial charge in [0.25, 0.3) is 0 Å². The molecule has 2 aromatic rings. The van der Waals surface area contributed by atoms with Crippen LogP contribution in [0.3, 0.4) is 0 Å². The Bertz CT molecular complexity index is 568. The minimum absolute atomic E-state index is 0. The van der Waals surface area contributed by atoms with Crippen LogP contribution in [-0.4, -0.2) is 29.5 Å². The van der Waals surface area contributed by atoms with Gasteiger partial charge in [-0.3, -0.25) is 9.88 Å². The van der Waals surface area contributed by atoms with Gasteiger partial charge in [0.2, 0.25) is 0 Å². The first-order chi connectivity index (χ1) is 9.28. The highest BCUT2D eigenvalue weighted by Gasteiger charge is 2.32. The average molecular weight is 292 g/mol. The molecule has 1 heterocycles. The number of pyridine rings is 1. The molecule has 4 heteroatoms. The molecule has 1 unspecified atom stereocenters. The van der Waals surface area contributed by atoms with Crippen molar-refractivity contribution in [1.29, 1.82) is 0 Å². The van der Waals surface area contributed by atoms with E-state index in [1.54, 1.807) is 0 Å². The molecule has 3 rings (SSSR count). The number of halogens is 1. The Morgan fingerprint density at radius 3 is 2.80 bits per heavy atom. The van der Waals surface area contributed by atoms with Gasteiger partial charge in [0.05, 0.1) is 5.52 Å². The number of fused-ring (bicyclic) bond motifs is 1. The first-order valence-corrected chi connectivity index (χ1v) is 7.02.